The summed E-state index contributed by atoms with van der Waals surface area (Å²) in [7, 11) is 1.71. The predicted octanol–water partition coefficient (Wildman–Crippen LogP) is 3.20. The summed E-state index contributed by atoms with van der Waals surface area (Å²) >= 11 is 0. The number of para-hydroxylation sites is 1. The average Bonchev–Trinajstić information content (AvgIpc) is 3.17. The smallest absolute Gasteiger partial charge is 0.289 e. The van der Waals surface area contributed by atoms with Crippen LogP contribution in [0.5, 0.6) is 5.75 Å². The normalized spacial score (nSPS) is 17.8. The van der Waals surface area contributed by atoms with Crippen molar-refractivity contribution in [1.29, 1.82) is 0 Å². The van der Waals surface area contributed by atoms with Gasteiger partial charge in [0.2, 0.25) is 5.76 Å². The molecule has 140 valence electrons. The van der Waals surface area contributed by atoms with Crippen molar-refractivity contribution in [3.05, 3.63) is 47.3 Å². The van der Waals surface area contributed by atoms with Crippen LogP contribution in [0.4, 0.5) is 0 Å². The van der Waals surface area contributed by atoms with E-state index in [0.717, 1.165) is 50.3 Å². The van der Waals surface area contributed by atoms with Gasteiger partial charge in [-0.1, -0.05) is 30.3 Å². The van der Waals surface area contributed by atoms with Crippen molar-refractivity contribution < 1.29 is 14.1 Å². The number of nitrogens with one attached hydrogen (secondary N) is 1. The number of hydrogen-bond donors (Lipinski definition) is 1. The molecule has 1 aromatic heterocycles. The standard InChI is InChI=1S/C20H27N3O3/c1-3-10-21-20(24)19-12-17(22-26-19)15-8-6-11-23(13-15)14-16-7-4-5-9-18(16)25-2/h4-5,7,9,12,15H,3,6,8,10-11,13-14H2,1-2H3,(H,21,24)/t15-/m0/s1. The molecule has 1 saturated heterocycles. The van der Waals surface area contributed by atoms with Crippen molar-refractivity contribution in [3.63, 3.8) is 0 Å². The molecule has 1 N–H and O–H groups in total. The lowest BCUT2D eigenvalue weighted by Gasteiger charge is -2.32. The Hall–Kier alpha value is -2.34. The van der Waals surface area contributed by atoms with Gasteiger partial charge in [-0.3, -0.25) is 9.69 Å². The molecule has 1 aliphatic heterocycles. The second-order valence-corrected chi connectivity index (χ2v) is 6.76. The van der Waals surface area contributed by atoms with Crippen LogP contribution in [-0.2, 0) is 6.54 Å². The Balaban J connectivity index is 1.63. The molecular formula is C20H27N3O3. The number of benzene rings is 1. The molecule has 1 aliphatic rings. The fourth-order valence-corrected chi connectivity index (χ4v) is 3.43. The number of methoxy groups -OCH3 is 1. The zero-order chi connectivity index (χ0) is 18.4. The van der Waals surface area contributed by atoms with E-state index >= 15 is 0 Å². The van der Waals surface area contributed by atoms with Gasteiger partial charge in [-0.05, 0) is 31.9 Å². The number of carbonyl (C=O) groups excluding carboxylic acids is 1. The van der Waals surface area contributed by atoms with Crippen LogP contribution in [-0.4, -0.2) is 42.7 Å². The molecule has 0 aliphatic carbocycles. The van der Waals surface area contributed by atoms with Crippen LogP contribution >= 0.6 is 0 Å². The highest BCUT2D eigenvalue weighted by Crippen LogP contribution is 2.29. The second kappa shape index (κ2) is 8.85. The lowest BCUT2D eigenvalue weighted by Crippen LogP contribution is -2.34. The van der Waals surface area contributed by atoms with Gasteiger partial charge in [0.15, 0.2) is 0 Å². The third-order valence-electron chi connectivity index (χ3n) is 4.80. The molecule has 2 heterocycles. The van der Waals surface area contributed by atoms with Crippen LogP contribution < -0.4 is 10.1 Å². The third kappa shape index (κ3) is 4.43. The summed E-state index contributed by atoms with van der Waals surface area (Å²) in [5.41, 5.74) is 2.06. The zero-order valence-corrected chi connectivity index (χ0v) is 15.5. The van der Waals surface area contributed by atoms with E-state index in [0.29, 0.717) is 12.3 Å². The van der Waals surface area contributed by atoms with Gasteiger partial charge in [0.25, 0.3) is 5.91 Å². The Bertz CT molecular complexity index is 729. The van der Waals surface area contributed by atoms with Gasteiger partial charge in [-0.15, -0.1) is 0 Å². The van der Waals surface area contributed by atoms with Crippen molar-refractivity contribution in [2.24, 2.45) is 0 Å². The topological polar surface area (TPSA) is 67.6 Å². The Morgan fingerprint density at radius 1 is 1.42 bits per heavy atom. The van der Waals surface area contributed by atoms with E-state index < -0.39 is 0 Å². The van der Waals surface area contributed by atoms with Crippen molar-refractivity contribution in [2.45, 2.75) is 38.6 Å². The molecule has 2 aromatic rings. The molecule has 0 unspecified atom stereocenters. The molecule has 1 fully saturated rings. The summed E-state index contributed by atoms with van der Waals surface area (Å²) < 4.78 is 10.7. The Morgan fingerprint density at radius 3 is 3.08 bits per heavy atom. The van der Waals surface area contributed by atoms with E-state index in [4.69, 9.17) is 9.26 Å². The van der Waals surface area contributed by atoms with Gasteiger partial charge in [0.1, 0.15) is 5.75 Å². The first-order valence-corrected chi connectivity index (χ1v) is 9.30. The second-order valence-electron chi connectivity index (χ2n) is 6.76. The fourth-order valence-electron chi connectivity index (χ4n) is 3.43. The highest BCUT2D eigenvalue weighted by Gasteiger charge is 2.25. The first-order valence-electron chi connectivity index (χ1n) is 9.30. The summed E-state index contributed by atoms with van der Waals surface area (Å²) in [6.07, 6.45) is 3.06. The lowest BCUT2D eigenvalue weighted by atomic mass is 9.94. The van der Waals surface area contributed by atoms with E-state index in [9.17, 15) is 4.79 Å². The number of nitrogens with zero attached hydrogens (tertiary/aromatic N) is 2. The summed E-state index contributed by atoms with van der Waals surface area (Å²) in [6.45, 7) is 5.47. The number of piperidine rings is 1. The Kier molecular flexibility index (Phi) is 6.28. The fraction of sp³-hybridized carbons (Fsp3) is 0.500. The molecule has 1 aromatic carbocycles. The maximum Gasteiger partial charge on any atom is 0.289 e. The van der Waals surface area contributed by atoms with Crippen molar-refractivity contribution in [2.75, 3.05) is 26.7 Å². The molecule has 0 saturated carbocycles. The molecule has 6 nitrogen and oxygen atoms in total. The van der Waals surface area contributed by atoms with Gasteiger partial charge < -0.3 is 14.6 Å². The molecule has 26 heavy (non-hydrogen) atoms. The van der Waals surface area contributed by atoms with Crippen LogP contribution in [0.2, 0.25) is 0 Å². The van der Waals surface area contributed by atoms with E-state index in [1.54, 1.807) is 13.2 Å². The first-order chi connectivity index (χ1) is 12.7. The minimum absolute atomic E-state index is 0.188. The lowest BCUT2D eigenvalue weighted by molar-refractivity contribution is 0.0916. The molecule has 1 amide bonds. The number of ether oxygens (including phenoxy) is 1. The Morgan fingerprint density at radius 2 is 2.27 bits per heavy atom. The molecule has 0 bridgehead atoms. The van der Waals surface area contributed by atoms with Crippen LogP contribution in [0.3, 0.4) is 0 Å². The van der Waals surface area contributed by atoms with Crippen molar-refractivity contribution in [3.8, 4) is 5.75 Å². The van der Waals surface area contributed by atoms with Gasteiger partial charge in [-0.25, -0.2) is 0 Å². The van der Waals surface area contributed by atoms with E-state index in [1.807, 2.05) is 25.1 Å². The number of carbonyl (C=O) groups is 1. The van der Waals surface area contributed by atoms with Gasteiger partial charge in [0.05, 0.1) is 12.8 Å². The van der Waals surface area contributed by atoms with Gasteiger partial charge in [-0.2, -0.15) is 0 Å². The van der Waals surface area contributed by atoms with E-state index in [1.165, 1.54) is 5.56 Å². The minimum atomic E-state index is -0.188. The Labute approximate surface area is 154 Å². The molecule has 0 spiro atoms. The molecule has 0 radical (unpaired) electrons. The van der Waals surface area contributed by atoms with Crippen LogP contribution in [0.1, 0.15) is 53.9 Å². The summed E-state index contributed by atoms with van der Waals surface area (Å²) in [5, 5.41) is 6.98. The number of likely N-dealkylation sites (tertiary alicyclic amines) is 1. The van der Waals surface area contributed by atoms with Crippen LogP contribution in [0, 0.1) is 0 Å². The van der Waals surface area contributed by atoms with Crippen LogP contribution in [0.15, 0.2) is 34.9 Å². The summed E-state index contributed by atoms with van der Waals surface area (Å²) in [6, 6.07) is 9.92. The summed E-state index contributed by atoms with van der Waals surface area (Å²) in [4.78, 5) is 14.4. The van der Waals surface area contributed by atoms with Crippen molar-refractivity contribution >= 4 is 5.91 Å². The largest absolute Gasteiger partial charge is 0.496 e. The third-order valence-corrected chi connectivity index (χ3v) is 4.80. The molecule has 3 rings (SSSR count). The highest BCUT2D eigenvalue weighted by atomic mass is 16.5. The zero-order valence-electron chi connectivity index (χ0n) is 15.5. The van der Waals surface area contributed by atoms with Crippen molar-refractivity contribution in [1.82, 2.24) is 15.4 Å². The SMILES string of the molecule is CCCNC(=O)c1cc([C@H]2CCCN(Cc3ccccc3OC)C2)no1. The maximum atomic E-state index is 12.0. The van der Waals surface area contributed by atoms with Gasteiger partial charge >= 0.3 is 0 Å². The number of hydrogen-bond acceptors (Lipinski definition) is 5. The molecule has 6 heteroatoms. The first kappa shape index (κ1) is 18.5. The average molecular weight is 357 g/mol. The monoisotopic (exact) mass is 357 g/mol. The highest BCUT2D eigenvalue weighted by molar-refractivity contribution is 5.91. The van der Waals surface area contributed by atoms with E-state index in [-0.39, 0.29) is 11.8 Å². The maximum absolute atomic E-state index is 12.0. The van der Waals surface area contributed by atoms with E-state index in [2.05, 4.69) is 21.4 Å². The van der Waals surface area contributed by atoms with Crippen LogP contribution in [0.25, 0.3) is 0 Å². The minimum Gasteiger partial charge on any atom is -0.496 e. The van der Waals surface area contributed by atoms with Gasteiger partial charge in [0, 0.05) is 37.2 Å². The predicted molar refractivity (Wildman–Crippen MR) is 99.4 cm³/mol. The molecular weight excluding hydrogens is 330 g/mol. The number of aromatic nitrogens is 1. The summed E-state index contributed by atoms with van der Waals surface area (Å²) in [5.74, 6) is 1.32. The molecule has 1 atom stereocenters. The quantitative estimate of drug-likeness (QED) is 0.824. The number of rotatable bonds is 7. The number of amides is 1.